The van der Waals surface area contributed by atoms with E-state index in [1.54, 1.807) is 0 Å². The molecule has 0 aromatic heterocycles. The summed E-state index contributed by atoms with van der Waals surface area (Å²) in [5.41, 5.74) is 1.32. The Kier molecular flexibility index (Phi) is 4.57. The maximum Gasteiger partial charge on any atom is -0.0175 e. The fraction of sp³-hybridized carbons (Fsp3) is 0.263. The maximum absolute atomic E-state index is 2.26. The smallest absolute Gasteiger partial charge is 0.0175 e. The highest BCUT2D eigenvalue weighted by atomic mass is 14.0. The second-order valence-corrected chi connectivity index (χ2v) is 5.05. The van der Waals surface area contributed by atoms with Crippen LogP contribution < -0.4 is 0 Å². The van der Waals surface area contributed by atoms with Crippen molar-refractivity contribution in [3.8, 4) is 0 Å². The van der Waals surface area contributed by atoms with E-state index in [0.717, 1.165) is 0 Å². The van der Waals surface area contributed by atoms with Crippen molar-refractivity contribution < 1.29 is 0 Å². The summed E-state index contributed by atoms with van der Waals surface area (Å²) in [6.07, 6.45) is 2.64. The quantitative estimate of drug-likeness (QED) is 0.457. The summed E-state index contributed by atoms with van der Waals surface area (Å²) >= 11 is 0. The first kappa shape index (κ1) is 13.6. The summed E-state index contributed by atoms with van der Waals surface area (Å²) in [6, 6.07) is 19.6. The van der Waals surface area contributed by atoms with Gasteiger partial charge in [-0.1, -0.05) is 74.7 Å². The van der Waals surface area contributed by atoms with Gasteiger partial charge in [0.15, 0.2) is 0 Å². The van der Waals surface area contributed by atoms with E-state index in [4.69, 9.17) is 0 Å². The summed E-state index contributed by atoms with van der Waals surface area (Å²) in [4.78, 5) is 0. The van der Waals surface area contributed by atoms with Crippen molar-refractivity contribution in [2.75, 3.05) is 0 Å². The van der Waals surface area contributed by atoms with Crippen LogP contribution in [0.15, 0.2) is 54.6 Å². The molecule has 0 aliphatic rings. The molecular weight excluding hydrogens is 228 g/mol. The minimum Gasteiger partial charge on any atom is -0.0654 e. The number of hydrogen-bond donors (Lipinski definition) is 0. The molecule has 0 bridgehead atoms. The monoisotopic (exact) mass is 250 g/mol. The molecule has 0 spiro atoms. The zero-order chi connectivity index (χ0) is 13.7. The Morgan fingerprint density at radius 1 is 0.632 bits per heavy atom. The molecule has 0 fully saturated rings. The minimum absolute atomic E-state index is 1.31. The Balaban J connectivity index is 0.000000297. The molecular formula is C19H22. The number of rotatable bonds is 1. The van der Waals surface area contributed by atoms with Crippen LogP contribution in [0.1, 0.15) is 32.3 Å². The molecule has 3 rings (SSSR count). The predicted octanol–water partition coefficient (Wildman–Crippen LogP) is 6.11. The molecule has 0 nitrogen and oxygen atoms in total. The van der Waals surface area contributed by atoms with E-state index in [1.165, 1.54) is 39.9 Å². The normalized spacial score (nSPS) is 10.3. The van der Waals surface area contributed by atoms with Gasteiger partial charge in [-0.25, -0.2) is 0 Å². The molecule has 0 unspecified atom stereocenters. The lowest BCUT2D eigenvalue weighted by molar-refractivity contribution is 0.886. The highest BCUT2D eigenvalue weighted by Gasteiger charge is 1.97. The minimum atomic E-state index is 1.31. The van der Waals surface area contributed by atoms with E-state index < -0.39 is 0 Å². The van der Waals surface area contributed by atoms with Gasteiger partial charge in [-0.15, -0.1) is 0 Å². The van der Waals surface area contributed by atoms with Crippen molar-refractivity contribution in [1.29, 1.82) is 0 Å². The molecule has 0 radical (unpaired) electrons. The largest absolute Gasteiger partial charge is 0.0654 e. The van der Waals surface area contributed by atoms with Crippen LogP contribution in [-0.4, -0.2) is 0 Å². The summed E-state index contributed by atoms with van der Waals surface area (Å²) in [5.74, 6) is 0. The van der Waals surface area contributed by atoms with Gasteiger partial charge in [-0.3, -0.25) is 0 Å². The van der Waals surface area contributed by atoms with Crippen LogP contribution in [0.5, 0.6) is 0 Å². The fourth-order valence-electron chi connectivity index (χ4n) is 2.06. The Morgan fingerprint density at radius 3 is 1.74 bits per heavy atom. The van der Waals surface area contributed by atoms with Gasteiger partial charge in [0, 0.05) is 0 Å². The maximum atomic E-state index is 2.26. The van der Waals surface area contributed by atoms with Crippen LogP contribution in [0.2, 0.25) is 0 Å². The van der Waals surface area contributed by atoms with Gasteiger partial charge in [0.2, 0.25) is 0 Å². The number of aryl methyl sites for hydroxylation is 1. The summed E-state index contributed by atoms with van der Waals surface area (Å²) in [6.45, 7) is 6.49. The zero-order valence-corrected chi connectivity index (χ0v) is 12.1. The SMILES string of the molecule is CCCC.Cc1ccc2cc3ccccc3cc2c1. The molecule has 0 saturated heterocycles. The van der Waals surface area contributed by atoms with E-state index in [-0.39, 0.29) is 0 Å². The molecule has 3 aromatic carbocycles. The lowest BCUT2D eigenvalue weighted by Gasteiger charge is -2.02. The molecule has 0 heteroatoms. The second kappa shape index (κ2) is 6.38. The van der Waals surface area contributed by atoms with Crippen LogP contribution in [0.25, 0.3) is 21.5 Å². The number of hydrogen-bond acceptors (Lipinski definition) is 0. The first-order chi connectivity index (χ1) is 9.24. The Hall–Kier alpha value is -1.82. The van der Waals surface area contributed by atoms with E-state index in [0.29, 0.717) is 0 Å². The molecule has 98 valence electrons. The van der Waals surface area contributed by atoms with Crippen molar-refractivity contribution in [1.82, 2.24) is 0 Å². The third-order valence-corrected chi connectivity index (χ3v) is 3.36. The van der Waals surface area contributed by atoms with Gasteiger partial charge in [-0.05, 0) is 40.6 Å². The first-order valence-corrected chi connectivity index (χ1v) is 7.13. The average Bonchev–Trinajstić information content (AvgIpc) is 2.45. The molecule has 19 heavy (non-hydrogen) atoms. The van der Waals surface area contributed by atoms with Gasteiger partial charge < -0.3 is 0 Å². The fourth-order valence-corrected chi connectivity index (χ4v) is 2.06. The summed E-state index contributed by atoms with van der Waals surface area (Å²) in [7, 11) is 0. The predicted molar refractivity (Wildman–Crippen MR) is 86.8 cm³/mol. The Bertz CT molecular complexity index is 663. The van der Waals surface area contributed by atoms with Gasteiger partial charge in [0.05, 0.1) is 0 Å². The lowest BCUT2D eigenvalue weighted by Crippen LogP contribution is -1.77. The van der Waals surface area contributed by atoms with Gasteiger partial charge >= 0.3 is 0 Å². The third-order valence-electron chi connectivity index (χ3n) is 3.36. The van der Waals surface area contributed by atoms with Gasteiger partial charge in [0.25, 0.3) is 0 Å². The molecule has 0 atom stereocenters. The van der Waals surface area contributed by atoms with Crippen LogP contribution in [0.3, 0.4) is 0 Å². The topological polar surface area (TPSA) is 0 Å². The molecule has 0 amide bonds. The highest BCUT2D eigenvalue weighted by molar-refractivity contribution is 5.98. The van der Waals surface area contributed by atoms with Crippen molar-refractivity contribution >= 4 is 21.5 Å². The van der Waals surface area contributed by atoms with E-state index in [1.807, 2.05) is 0 Å². The summed E-state index contributed by atoms with van der Waals surface area (Å²) in [5, 5.41) is 5.28. The van der Waals surface area contributed by atoms with E-state index in [2.05, 4.69) is 75.4 Å². The van der Waals surface area contributed by atoms with Crippen LogP contribution in [0, 0.1) is 6.92 Å². The van der Waals surface area contributed by atoms with Crippen LogP contribution >= 0.6 is 0 Å². The Labute approximate surface area is 116 Å². The van der Waals surface area contributed by atoms with Gasteiger partial charge in [0.1, 0.15) is 0 Å². The lowest BCUT2D eigenvalue weighted by atomic mass is 10.0. The molecule has 0 saturated carbocycles. The van der Waals surface area contributed by atoms with Gasteiger partial charge in [-0.2, -0.15) is 0 Å². The second-order valence-electron chi connectivity index (χ2n) is 5.05. The van der Waals surface area contributed by atoms with E-state index >= 15 is 0 Å². The summed E-state index contributed by atoms with van der Waals surface area (Å²) < 4.78 is 0. The molecule has 0 aliphatic heterocycles. The number of fused-ring (bicyclic) bond motifs is 2. The van der Waals surface area contributed by atoms with Crippen LogP contribution in [0.4, 0.5) is 0 Å². The molecule has 0 N–H and O–H groups in total. The van der Waals surface area contributed by atoms with Crippen molar-refractivity contribution in [2.24, 2.45) is 0 Å². The Morgan fingerprint density at radius 2 is 1.16 bits per heavy atom. The van der Waals surface area contributed by atoms with Crippen LogP contribution in [-0.2, 0) is 0 Å². The van der Waals surface area contributed by atoms with E-state index in [9.17, 15) is 0 Å². The highest BCUT2D eigenvalue weighted by Crippen LogP contribution is 2.23. The molecule has 3 aromatic rings. The molecule has 0 aliphatic carbocycles. The molecule has 0 heterocycles. The van der Waals surface area contributed by atoms with Crippen molar-refractivity contribution in [2.45, 2.75) is 33.6 Å². The van der Waals surface area contributed by atoms with Crippen molar-refractivity contribution in [3.63, 3.8) is 0 Å². The van der Waals surface area contributed by atoms with Crippen molar-refractivity contribution in [3.05, 3.63) is 60.2 Å². The number of unbranched alkanes of at least 4 members (excludes halogenated alkanes) is 1. The average molecular weight is 250 g/mol. The standard InChI is InChI=1S/C15H12.C4H10/c1-11-6-7-14-9-12-4-2-3-5-13(12)10-15(14)8-11;1-3-4-2/h2-10H,1H3;3-4H2,1-2H3. The zero-order valence-electron chi connectivity index (χ0n) is 12.1. The third kappa shape index (κ3) is 3.35. The first-order valence-electron chi connectivity index (χ1n) is 7.13. The number of benzene rings is 3.